The molecule has 0 aliphatic rings. The van der Waals surface area contributed by atoms with Gasteiger partial charge in [0.15, 0.2) is 5.96 Å². The Hall–Kier alpha value is -2.16. The zero-order chi connectivity index (χ0) is 20.6. The van der Waals surface area contributed by atoms with E-state index in [-0.39, 0.29) is 41.1 Å². The van der Waals surface area contributed by atoms with Crippen LogP contribution in [-0.2, 0) is 11.8 Å². The van der Waals surface area contributed by atoms with Crippen LogP contribution in [0.25, 0.3) is 0 Å². The minimum Gasteiger partial charge on any atom is -0.356 e. The molecule has 0 aromatic heterocycles. The predicted molar refractivity (Wildman–Crippen MR) is 128 cm³/mol. The van der Waals surface area contributed by atoms with Crippen molar-refractivity contribution in [1.29, 1.82) is 0 Å². The van der Waals surface area contributed by atoms with Crippen LogP contribution in [0, 0.1) is 5.82 Å². The Kier molecular flexibility index (Phi) is 10.1. The number of carbonyl (C=O) groups excluding carboxylic acids is 1. The second-order valence-electron chi connectivity index (χ2n) is 7.27. The summed E-state index contributed by atoms with van der Waals surface area (Å²) >= 11 is 0. The first-order chi connectivity index (χ1) is 13.4. The van der Waals surface area contributed by atoms with Gasteiger partial charge in [0.1, 0.15) is 5.82 Å². The highest BCUT2D eigenvalue weighted by Gasteiger charge is 2.21. The third kappa shape index (κ3) is 7.64. The lowest BCUT2D eigenvalue weighted by molar-refractivity contribution is 0.0963. The van der Waals surface area contributed by atoms with Gasteiger partial charge < -0.3 is 16.0 Å². The highest BCUT2D eigenvalue weighted by molar-refractivity contribution is 14.0. The Morgan fingerprint density at radius 1 is 1.10 bits per heavy atom. The van der Waals surface area contributed by atoms with E-state index in [4.69, 9.17) is 0 Å². The van der Waals surface area contributed by atoms with Gasteiger partial charge in [0.05, 0.1) is 0 Å². The molecule has 0 aliphatic carbocycles. The topological polar surface area (TPSA) is 65.5 Å². The van der Waals surface area contributed by atoms with E-state index in [9.17, 15) is 9.18 Å². The van der Waals surface area contributed by atoms with E-state index in [0.717, 1.165) is 17.5 Å². The van der Waals surface area contributed by atoms with E-state index in [1.165, 1.54) is 12.1 Å². The maximum atomic E-state index is 13.1. The number of nitrogens with zero attached hydrogens (tertiary/aromatic N) is 1. The molecule has 158 valence electrons. The number of carbonyl (C=O) groups is 1. The SMILES string of the molecule is CN=C(NCCc1cccc(C(=O)NC)c1)NCC(C)(C)c1ccc(F)cc1.I. The van der Waals surface area contributed by atoms with Gasteiger partial charge in [-0.15, -0.1) is 24.0 Å². The number of amides is 1. The first-order valence-corrected chi connectivity index (χ1v) is 9.37. The average Bonchev–Trinajstić information content (AvgIpc) is 2.70. The highest BCUT2D eigenvalue weighted by Crippen LogP contribution is 2.22. The number of halogens is 2. The Labute approximate surface area is 189 Å². The summed E-state index contributed by atoms with van der Waals surface area (Å²) in [7, 11) is 3.35. The van der Waals surface area contributed by atoms with E-state index >= 15 is 0 Å². The molecule has 0 radical (unpaired) electrons. The summed E-state index contributed by atoms with van der Waals surface area (Å²) in [6.45, 7) is 5.55. The highest BCUT2D eigenvalue weighted by atomic mass is 127. The number of benzene rings is 2. The molecule has 0 heterocycles. The Balaban J connectivity index is 0.00000420. The summed E-state index contributed by atoms with van der Waals surface area (Å²) in [4.78, 5) is 16.0. The molecule has 0 saturated carbocycles. The zero-order valence-electron chi connectivity index (χ0n) is 17.4. The van der Waals surface area contributed by atoms with Crippen LogP contribution < -0.4 is 16.0 Å². The second kappa shape index (κ2) is 11.7. The number of guanidine groups is 1. The molecule has 5 nitrogen and oxygen atoms in total. The molecule has 0 fully saturated rings. The summed E-state index contributed by atoms with van der Waals surface area (Å²) in [6.07, 6.45) is 0.771. The minimum absolute atomic E-state index is 0. The van der Waals surface area contributed by atoms with Crippen molar-refractivity contribution in [2.75, 3.05) is 27.2 Å². The third-order valence-corrected chi connectivity index (χ3v) is 4.67. The van der Waals surface area contributed by atoms with Crippen molar-refractivity contribution < 1.29 is 9.18 Å². The summed E-state index contributed by atoms with van der Waals surface area (Å²) in [5.41, 5.74) is 2.62. The van der Waals surface area contributed by atoms with Gasteiger partial charge in [0.2, 0.25) is 0 Å². The Morgan fingerprint density at radius 2 is 1.79 bits per heavy atom. The molecular formula is C22H30FIN4O. The summed E-state index contributed by atoms with van der Waals surface area (Å²) in [5.74, 6) is 0.387. The van der Waals surface area contributed by atoms with Crippen LogP contribution in [-0.4, -0.2) is 39.1 Å². The van der Waals surface area contributed by atoms with Crippen molar-refractivity contribution in [2.24, 2.45) is 4.99 Å². The first-order valence-electron chi connectivity index (χ1n) is 9.37. The van der Waals surface area contributed by atoms with Crippen LogP contribution in [0.1, 0.15) is 35.3 Å². The average molecular weight is 512 g/mol. The molecule has 2 aromatic carbocycles. The standard InChI is InChI=1S/C22H29FN4O.HI/c1-22(2,18-8-10-19(23)11-9-18)15-27-21(25-4)26-13-12-16-6-5-7-17(14-16)20(28)24-3;/h5-11,14H,12-13,15H2,1-4H3,(H,24,28)(H2,25,26,27);1H. The molecule has 0 atom stereocenters. The zero-order valence-corrected chi connectivity index (χ0v) is 19.7. The van der Waals surface area contributed by atoms with Gasteiger partial charge >= 0.3 is 0 Å². The van der Waals surface area contributed by atoms with Crippen LogP contribution in [0.4, 0.5) is 4.39 Å². The fraction of sp³-hybridized carbons (Fsp3) is 0.364. The third-order valence-electron chi connectivity index (χ3n) is 4.67. The van der Waals surface area contributed by atoms with Gasteiger partial charge in [-0.1, -0.05) is 38.1 Å². The summed E-state index contributed by atoms with van der Waals surface area (Å²) in [6, 6.07) is 14.2. The number of aliphatic imine (C=N–C) groups is 1. The maximum absolute atomic E-state index is 13.1. The Morgan fingerprint density at radius 3 is 2.41 bits per heavy atom. The van der Waals surface area contributed by atoms with Crippen LogP contribution in [0.3, 0.4) is 0 Å². The Bertz CT molecular complexity index is 822. The van der Waals surface area contributed by atoms with Crippen LogP contribution in [0.2, 0.25) is 0 Å². The quantitative estimate of drug-likeness (QED) is 0.303. The molecule has 2 rings (SSSR count). The van der Waals surface area contributed by atoms with Gasteiger partial charge in [-0.3, -0.25) is 9.79 Å². The molecule has 0 saturated heterocycles. The van der Waals surface area contributed by atoms with Gasteiger partial charge in [-0.05, 0) is 41.8 Å². The lowest BCUT2D eigenvalue weighted by Gasteiger charge is -2.26. The molecule has 1 amide bonds. The second-order valence-corrected chi connectivity index (χ2v) is 7.27. The van der Waals surface area contributed by atoms with Crippen molar-refractivity contribution in [3.8, 4) is 0 Å². The normalized spacial score (nSPS) is 11.4. The van der Waals surface area contributed by atoms with Crippen LogP contribution in [0.15, 0.2) is 53.5 Å². The molecule has 0 aliphatic heterocycles. The smallest absolute Gasteiger partial charge is 0.251 e. The molecule has 2 aromatic rings. The van der Waals surface area contributed by atoms with Crippen LogP contribution >= 0.6 is 24.0 Å². The number of hydrogen-bond acceptors (Lipinski definition) is 2. The lowest BCUT2D eigenvalue weighted by Crippen LogP contribution is -2.44. The number of rotatable bonds is 7. The molecule has 29 heavy (non-hydrogen) atoms. The van der Waals surface area contributed by atoms with Crippen molar-refractivity contribution >= 4 is 35.8 Å². The monoisotopic (exact) mass is 512 g/mol. The number of nitrogens with one attached hydrogen (secondary N) is 3. The molecule has 0 bridgehead atoms. The van der Waals surface area contributed by atoms with E-state index in [0.29, 0.717) is 24.6 Å². The summed E-state index contributed by atoms with van der Waals surface area (Å²) < 4.78 is 13.1. The largest absolute Gasteiger partial charge is 0.356 e. The van der Waals surface area contributed by atoms with Gasteiger partial charge in [0, 0.05) is 38.2 Å². The van der Waals surface area contributed by atoms with Crippen LogP contribution in [0.5, 0.6) is 0 Å². The molecule has 7 heteroatoms. The van der Waals surface area contributed by atoms with Crippen molar-refractivity contribution in [3.63, 3.8) is 0 Å². The fourth-order valence-corrected chi connectivity index (χ4v) is 2.87. The maximum Gasteiger partial charge on any atom is 0.251 e. The fourth-order valence-electron chi connectivity index (χ4n) is 2.87. The van der Waals surface area contributed by atoms with Gasteiger partial charge in [0.25, 0.3) is 5.91 Å². The van der Waals surface area contributed by atoms with Crippen molar-refractivity contribution in [2.45, 2.75) is 25.7 Å². The van der Waals surface area contributed by atoms with Gasteiger partial charge in [-0.25, -0.2) is 4.39 Å². The number of hydrogen-bond donors (Lipinski definition) is 3. The van der Waals surface area contributed by atoms with Crippen molar-refractivity contribution in [3.05, 3.63) is 71.0 Å². The molecular weight excluding hydrogens is 482 g/mol. The predicted octanol–water partition coefficient (Wildman–Crippen LogP) is 3.49. The van der Waals surface area contributed by atoms with E-state index in [2.05, 4.69) is 34.8 Å². The van der Waals surface area contributed by atoms with Gasteiger partial charge in [-0.2, -0.15) is 0 Å². The summed E-state index contributed by atoms with van der Waals surface area (Å²) in [5, 5.41) is 9.26. The van der Waals surface area contributed by atoms with E-state index in [1.54, 1.807) is 20.2 Å². The molecule has 0 unspecified atom stereocenters. The van der Waals surface area contributed by atoms with E-state index in [1.807, 2.05) is 30.3 Å². The molecule has 0 spiro atoms. The lowest BCUT2D eigenvalue weighted by atomic mass is 9.84. The minimum atomic E-state index is -0.231. The first kappa shape index (κ1) is 24.9. The van der Waals surface area contributed by atoms with Crippen molar-refractivity contribution in [1.82, 2.24) is 16.0 Å². The molecule has 3 N–H and O–H groups in total. The van der Waals surface area contributed by atoms with E-state index < -0.39 is 0 Å².